The largest absolute Gasteiger partial charge is 0.458 e. The topological polar surface area (TPSA) is 52.3 Å². The fraction of sp³-hybridized carbons (Fsp3) is 0.889. The molecule has 0 aliphatic carbocycles. The standard InChI is InChI=1S/C9H16F3NO2/c1-4-6(13)7(14)15-8(2,3)5-9(10,11)12/h6H,4-5,13H2,1-3H3. The van der Waals surface area contributed by atoms with Crippen molar-refractivity contribution in [3.05, 3.63) is 0 Å². The van der Waals surface area contributed by atoms with E-state index in [0.717, 1.165) is 0 Å². The van der Waals surface area contributed by atoms with Crippen molar-refractivity contribution in [3.8, 4) is 0 Å². The first-order chi connectivity index (χ1) is 6.57. The fourth-order valence-electron chi connectivity index (χ4n) is 1.03. The molecule has 0 aromatic carbocycles. The Labute approximate surface area is 86.8 Å². The van der Waals surface area contributed by atoms with Gasteiger partial charge >= 0.3 is 12.1 Å². The number of esters is 1. The lowest BCUT2D eigenvalue weighted by Crippen LogP contribution is -2.40. The summed E-state index contributed by atoms with van der Waals surface area (Å²) in [6.07, 6.45) is -5.21. The highest BCUT2D eigenvalue weighted by Crippen LogP contribution is 2.29. The summed E-state index contributed by atoms with van der Waals surface area (Å²) in [5.74, 6) is -0.799. The van der Waals surface area contributed by atoms with Crippen LogP contribution in [0.5, 0.6) is 0 Å². The lowest BCUT2D eigenvalue weighted by molar-refractivity contribution is -0.189. The van der Waals surface area contributed by atoms with Gasteiger partial charge in [-0.05, 0) is 20.3 Å². The molecule has 6 heteroatoms. The minimum atomic E-state index is -4.36. The van der Waals surface area contributed by atoms with Crippen molar-refractivity contribution in [2.75, 3.05) is 0 Å². The first-order valence-electron chi connectivity index (χ1n) is 4.62. The number of rotatable bonds is 4. The molecule has 0 amide bonds. The van der Waals surface area contributed by atoms with Crippen LogP contribution in [-0.2, 0) is 9.53 Å². The van der Waals surface area contributed by atoms with E-state index in [-0.39, 0.29) is 0 Å². The van der Waals surface area contributed by atoms with Gasteiger partial charge in [-0.25, -0.2) is 0 Å². The van der Waals surface area contributed by atoms with Gasteiger partial charge in [0.1, 0.15) is 11.6 Å². The summed E-state index contributed by atoms with van der Waals surface area (Å²) >= 11 is 0. The van der Waals surface area contributed by atoms with E-state index in [1.165, 1.54) is 13.8 Å². The highest BCUT2D eigenvalue weighted by molar-refractivity contribution is 5.75. The maximum atomic E-state index is 12.1. The van der Waals surface area contributed by atoms with E-state index in [1.54, 1.807) is 6.92 Å². The maximum Gasteiger partial charge on any atom is 0.392 e. The Hall–Kier alpha value is -0.780. The normalized spacial score (nSPS) is 14.9. The monoisotopic (exact) mass is 227 g/mol. The third-order valence-electron chi connectivity index (χ3n) is 1.75. The van der Waals surface area contributed by atoms with E-state index in [2.05, 4.69) is 4.74 Å². The van der Waals surface area contributed by atoms with Crippen LogP contribution in [0.25, 0.3) is 0 Å². The minimum Gasteiger partial charge on any atom is -0.458 e. The van der Waals surface area contributed by atoms with Gasteiger partial charge in [-0.15, -0.1) is 0 Å². The lowest BCUT2D eigenvalue weighted by Gasteiger charge is -2.27. The van der Waals surface area contributed by atoms with Crippen LogP contribution in [0.15, 0.2) is 0 Å². The van der Waals surface area contributed by atoms with Crippen LogP contribution in [-0.4, -0.2) is 23.8 Å². The van der Waals surface area contributed by atoms with Crippen molar-refractivity contribution in [1.29, 1.82) is 0 Å². The molecular weight excluding hydrogens is 211 g/mol. The SMILES string of the molecule is CCC(N)C(=O)OC(C)(C)CC(F)(F)F. The van der Waals surface area contributed by atoms with Crippen molar-refractivity contribution < 1.29 is 22.7 Å². The molecule has 2 N–H and O–H groups in total. The van der Waals surface area contributed by atoms with Crippen molar-refractivity contribution >= 4 is 5.97 Å². The first-order valence-corrected chi connectivity index (χ1v) is 4.62. The number of halogens is 3. The zero-order valence-electron chi connectivity index (χ0n) is 9.02. The molecule has 0 radical (unpaired) electrons. The highest BCUT2D eigenvalue weighted by Gasteiger charge is 2.39. The van der Waals surface area contributed by atoms with Gasteiger partial charge in [0.05, 0.1) is 6.42 Å². The van der Waals surface area contributed by atoms with E-state index in [9.17, 15) is 18.0 Å². The Morgan fingerprint density at radius 3 is 2.20 bits per heavy atom. The molecule has 90 valence electrons. The van der Waals surface area contributed by atoms with Gasteiger partial charge in [0.25, 0.3) is 0 Å². The Bertz CT molecular complexity index is 226. The van der Waals surface area contributed by atoms with Gasteiger partial charge < -0.3 is 10.5 Å². The van der Waals surface area contributed by atoms with Crippen LogP contribution >= 0.6 is 0 Å². The van der Waals surface area contributed by atoms with E-state index in [0.29, 0.717) is 6.42 Å². The van der Waals surface area contributed by atoms with E-state index in [4.69, 9.17) is 5.73 Å². The van der Waals surface area contributed by atoms with E-state index >= 15 is 0 Å². The summed E-state index contributed by atoms with van der Waals surface area (Å²) in [6.45, 7) is 4.07. The third-order valence-corrected chi connectivity index (χ3v) is 1.75. The van der Waals surface area contributed by atoms with Gasteiger partial charge in [0, 0.05) is 0 Å². The van der Waals surface area contributed by atoms with Gasteiger partial charge in [0.2, 0.25) is 0 Å². The highest BCUT2D eigenvalue weighted by atomic mass is 19.4. The van der Waals surface area contributed by atoms with E-state index in [1.807, 2.05) is 0 Å². The number of hydrogen-bond acceptors (Lipinski definition) is 3. The van der Waals surface area contributed by atoms with Crippen molar-refractivity contribution in [1.82, 2.24) is 0 Å². The predicted molar refractivity (Wildman–Crippen MR) is 49.1 cm³/mol. The molecule has 3 nitrogen and oxygen atoms in total. The van der Waals surface area contributed by atoms with Crippen LogP contribution < -0.4 is 5.73 Å². The second kappa shape index (κ2) is 4.83. The molecule has 0 fully saturated rings. The van der Waals surface area contributed by atoms with Crippen LogP contribution in [0.2, 0.25) is 0 Å². The summed E-state index contributed by atoms with van der Waals surface area (Å²) in [5, 5.41) is 0. The van der Waals surface area contributed by atoms with Crippen LogP contribution in [0.4, 0.5) is 13.2 Å². The van der Waals surface area contributed by atoms with Crippen LogP contribution in [0, 0.1) is 0 Å². The first kappa shape index (κ1) is 14.2. The zero-order chi connectivity index (χ0) is 12.3. The van der Waals surface area contributed by atoms with Crippen molar-refractivity contribution in [3.63, 3.8) is 0 Å². The number of alkyl halides is 3. The number of hydrogen-bond donors (Lipinski definition) is 1. The third kappa shape index (κ3) is 6.33. The maximum absolute atomic E-state index is 12.1. The predicted octanol–water partition coefficient (Wildman–Crippen LogP) is 2.00. The van der Waals surface area contributed by atoms with E-state index < -0.39 is 30.2 Å². The molecular formula is C9H16F3NO2. The summed E-state index contributed by atoms with van der Waals surface area (Å²) in [4.78, 5) is 11.2. The van der Waals surface area contributed by atoms with Gasteiger partial charge in [-0.2, -0.15) is 13.2 Å². The zero-order valence-corrected chi connectivity index (χ0v) is 9.02. The smallest absolute Gasteiger partial charge is 0.392 e. The fourth-order valence-corrected chi connectivity index (χ4v) is 1.03. The minimum absolute atomic E-state index is 0.334. The molecule has 0 aromatic rings. The Balaban J connectivity index is 4.32. The average molecular weight is 227 g/mol. The molecule has 0 aliphatic heterocycles. The lowest BCUT2D eigenvalue weighted by atomic mass is 10.0. The van der Waals surface area contributed by atoms with Crippen molar-refractivity contribution in [2.24, 2.45) is 5.73 Å². The summed E-state index contributed by atoms with van der Waals surface area (Å²) in [6, 6.07) is -0.863. The van der Waals surface area contributed by atoms with Crippen LogP contribution in [0.3, 0.4) is 0 Å². The Kier molecular flexibility index (Phi) is 4.58. The molecule has 0 heterocycles. The molecule has 0 aromatic heterocycles. The summed E-state index contributed by atoms with van der Waals surface area (Å²) in [7, 11) is 0. The molecule has 0 bridgehead atoms. The Morgan fingerprint density at radius 2 is 1.87 bits per heavy atom. The number of nitrogens with two attached hydrogens (primary N) is 1. The molecule has 0 aliphatic rings. The second-order valence-corrected chi connectivity index (χ2v) is 3.99. The number of ether oxygens (including phenoxy) is 1. The molecule has 0 rings (SSSR count). The van der Waals surface area contributed by atoms with Gasteiger partial charge in [-0.1, -0.05) is 6.92 Å². The van der Waals surface area contributed by atoms with Gasteiger partial charge in [-0.3, -0.25) is 4.79 Å². The summed E-state index contributed by atoms with van der Waals surface area (Å²) in [5.41, 5.74) is 3.76. The molecule has 0 saturated carbocycles. The summed E-state index contributed by atoms with van der Waals surface area (Å²) < 4.78 is 40.9. The number of carbonyl (C=O) groups excluding carboxylic acids is 1. The van der Waals surface area contributed by atoms with Crippen LogP contribution in [0.1, 0.15) is 33.6 Å². The second-order valence-electron chi connectivity index (χ2n) is 3.99. The molecule has 1 atom stereocenters. The molecule has 0 saturated heterocycles. The molecule has 15 heavy (non-hydrogen) atoms. The number of carbonyl (C=O) groups is 1. The quantitative estimate of drug-likeness (QED) is 0.747. The Morgan fingerprint density at radius 1 is 1.40 bits per heavy atom. The van der Waals surface area contributed by atoms with Crippen molar-refractivity contribution in [2.45, 2.75) is 51.4 Å². The van der Waals surface area contributed by atoms with Gasteiger partial charge in [0.15, 0.2) is 0 Å². The molecule has 1 unspecified atom stereocenters. The molecule has 0 spiro atoms. The average Bonchev–Trinajstić information content (AvgIpc) is 1.96.